The third-order valence-electron chi connectivity index (χ3n) is 3.89. The molecular formula is C18H21N3. The Morgan fingerprint density at radius 2 is 1.24 bits per heavy atom. The first-order valence-electron chi connectivity index (χ1n) is 7.65. The Morgan fingerprint density at radius 3 is 1.81 bits per heavy atom. The maximum Gasteiger partial charge on any atom is 0.0858 e. The van der Waals surface area contributed by atoms with Gasteiger partial charge in [-0.25, -0.2) is 0 Å². The molecule has 0 saturated carbocycles. The number of aryl methyl sites for hydroxylation is 1. The van der Waals surface area contributed by atoms with Gasteiger partial charge in [-0.2, -0.15) is 10.2 Å². The van der Waals surface area contributed by atoms with Crippen LogP contribution in [-0.4, -0.2) is 13.1 Å². The highest BCUT2D eigenvalue weighted by Gasteiger charge is 2.10. The SMILES string of the molecule is Cc1ccc(N=Nc2ccc(N3CCCCC3)cc2)cc1. The van der Waals surface area contributed by atoms with E-state index in [1.54, 1.807) is 0 Å². The molecule has 1 heterocycles. The average Bonchev–Trinajstić information content (AvgIpc) is 2.56. The van der Waals surface area contributed by atoms with E-state index >= 15 is 0 Å². The van der Waals surface area contributed by atoms with E-state index in [-0.39, 0.29) is 0 Å². The minimum absolute atomic E-state index is 0.890. The Kier molecular flexibility index (Phi) is 4.29. The van der Waals surface area contributed by atoms with Gasteiger partial charge in [0.15, 0.2) is 0 Å². The van der Waals surface area contributed by atoms with Gasteiger partial charge in [0.25, 0.3) is 0 Å². The summed E-state index contributed by atoms with van der Waals surface area (Å²) >= 11 is 0. The predicted molar refractivity (Wildman–Crippen MR) is 87.9 cm³/mol. The Labute approximate surface area is 126 Å². The van der Waals surface area contributed by atoms with Gasteiger partial charge in [0.1, 0.15) is 0 Å². The molecule has 108 valence electrons. The highest BCUT2D eigenvalue weighted by molar-refractivity contribution is 5.53. The minimum Gasteiger partial charge on any atom is -0.372 e. The zero-order valence-corrected chi connectivity index (χ0v) is 12.5. The van der Waals surface area contributed by atoms with E-state index in [4.69, 9.17) is 0 Å². The van der Waals surface area contributed by atoms with E-state index in [0.29, 0.717) is 0 Å². The minimum atomic E-state index is 0.890. The third-order valence-corrected chi connectivity index (χ3v) is 3.89. The molecule has 21 heavy (non-hydrogen) atoms. The Bertz CT molecular complexity index is 593. The molecule has 3 heteroatoms. The second-order valence-electron chi connectivity index (χ2n) is 5.60. The summed E-state index contributed by atoms with van der Waals surface area (Å²) in [7, 11) is 0. The summed E-state index contributed by atoms with van der Waals surface area (Å²) in [5.74, 6) is 0. The summed E-state index contributed by atoms with van der Waals surface area (Å²) in [6.07, 6.45) is 3.96. The predicted octanol–water partition coefficient (Wildman–Crippen LogP) is 5.40. The molecular weight excluding hydrogens is 258 g/mol. The number of rotatable bonds is 3. The highest BCUT2D eigenvalue weighted by Crippen LogP contribution is 2.24. The maximum absolute atomic E-state index is 4.30. The van der Waals surface area contributed by atoms with Crippen LogP contribution in [0.25, 0.3) is 0 Å². The van der Waals surface area contributed by atoms with Crippen LogP contribution in [0.3, 0.4) is 0 Å². The summed E-state index contributed by atoms with van der Waals surface area (Å²) < 4.78 is 0. The van der Waals surface area contributed by atoms with Crippen LogP contribution in [0.15, 0.2) is 58.8 Å². The van der Waals surface area contributed by atoms with Gasteiger partial charge in [-0.1, -0.05) is 17.7 Å². The molecule has 2 aromatic carbocycles. The largest absolute Gasteiger partial charge is 0.372 e. The molecule has 3 nitrogen and oxygen atoms in total. The smallest absolute Gasteiger partial charge is 0.0858 e. The second-order valence-corrected chi connectivity index (χ2v) is 5.60. The molecule has 2 aromatic rings. The molecule has 0 amide bonds. The lowest BCUT2D eigenvalue weighted by atomic mass is 10.1. The Balaban J connectivity index is 1.67. The van der Waals surface area contributed by atoms with Crippen LogP contribution in [0.4, 0.5) is 17.1 Å². The van der Waals surface area contributed by atoms with E-state index in [2.05, 4.69) is 34.2 Å². The number of piperidine rings is 1. The summed E-state index contributed by atoms with van der Waals surface area (Å²) in [6, 6.07) is 16.5. The molecule has 1 fully saturated rings. The van der Waals surface area contributed by atoms with Gasteiger partial charge >= 0.3 is 0 Å². The number of azo groups is 1. The van der Waals surface area contributed by atoms with E-state index < -0.39 is 0 Å². The fourth-order valence-electron chi connectivity index (χ4n) is 2.61. The number of hydrogen-bond donors (Lipinski definition) is 0. The quantitative estimate of drug-likeness (QED) is 0.691. The van der Waals surface area contributed by atoms with Gasteiger partial charge in [0, 0.05) is 18.8 Å². The molecule has 0 radical (unpaired) electrons. The first kappa shape index (κ1) is 13.8. The van der Waals surface area contributed by atoms with Crippen molar-refractivity contribution in [3.63, 3.8) is 0 Å². The lowest BCUT2D eigenvalue weighted by molar-refractivity contribution is 0.578. The summed E-state index contributed by atoms with van der Waals surface area (Å²) in [4.78, 5) is 2.45. The third kappa shape index (κ3) is 3.69. The highest BCUT2D eigenvalue weighted by atomic mass is 15.1. The molecule has 0 atom stereocenters. The van der Waals surface area contributed by atoms with Crippen LogP contribution in [0.1, 0.15) is 24.8 Å². The molecule has 0 unspecified atom stereocenters. The lowest BCUT2D eigenvalue weighted by Crippen LogP contribution is -2.29. The molecule has 0 aromatic heterocycles. The van der Waals surface area contributed by atoms with Gasteiger partial charge in [0.05, 0.1) is 11.4 Å². The standard InChI is InChI=1S/C18H21N3/c1-15-5-7-16(8-6-15)19-20-17-9-11-18(12-10-17)21-13-3-2-4-14-21/h5-12H,2-4,13-14H2,1H3. The van der Waals surface area contributed by atoms with Crippen LogP contribution >= 0.6 is 0 Å². The van der Waals surface area contributed by atoms with E-state index in [0.717, 1.165) is 11.4 Å². The molecule has 1 saturated heterocycles. The number of benzene rings is 2. The van der Waals surface area contributed by atoms with Crippen molar-refractivity contribution in [1.29, 1.82) is 0 Å². The van der Waals surface area contributed by atoms with Gasteiger partial charge in [-0.15, -0.1) is 0 Å². The molecule has 1 aliphatic rings. The van der Waals surface area contributed by atoms with Crippen LogP contribution in [0.2, 0.25) is 0 Å². The topological polar surface area (TPSA) is 28.0 Å². The summed E-state index contributed by atoms with van der Waals surface area (Å²) in [5.41, 5.74) is 4.32. The first-order valence-corrected chi connectivity index (χ1v) is 7.65. The zero-order valence-electron chi connectivity index (χ0n) is 12.5. The number of anilines is 1. The number of hydrogen-bond acceptors (Lipinski definition) is 3. The van der Waals surface area contributed by atoms with Gasteiger partial charge < -0.3 is 4.90 Å². The van der Waals surface area contributed by atoms with Crippen molar-refractivity contribution in [1.82, 2.24) is 0 Å². The van der Waals surface area contributed by atoms with E-state index in [9.17, 15) is 0 Å². The lowest BCUT2D eigenvalue weighted by Gasteiger charge is -2.28. The van der Waals surface area contributed by atoms with Crippen LogP contribution in [0.5, 0.6) is 0 Å². The number of nitrogens with zero attached hydrogens (tertiary/aromatic N) is 3. The Hall–Kier alpha value is -2.16. The first-order chi connectivity index (χ1) is 10.3. The van der Waals surface area contributed by atoms with Crippen LogP contribution < -0.4 is 4.90 Å². The van der Waals surface area contributed by atoms with Crippen molar-refractivity contribution < 1.29 is 0 Å². The summed E-state index contributed by atoms with van der Waals surface area (Å²) in [6.45, 7) is 4.41. The molecule has 0 spiro atoms. The average molecular weight is 279 g/mol. The molecule has 3 rings (SSSR count). The fourth-order valence-corrected chi connectivity index (χ4v) is 2.61. The maximum atomic E-state index is 4.30. The zero-order chi connectivity index (χ0) is 14.5. The van der Waals surface area contributed by atoms with E-state index in [1.165, 1.54) is 43.6 Å². The van der Waals surface area contributed by atoms with Crippen LogP contribution in [0, 0.1) is 6.92 Å². The van der Waals surface area contributed by atoms with Crippen molar-refractivity contribution in [2.45, 2.75) is 26.2 Å². The van der Waals surface area contributed by atoms with Crippen LogP contribution in [-0.2, 0) is 0 Å². The summed E-state index contributed by atoms with van der Waals surface area (Å²) in [5, 5.41) is 8.57. The normalized spacial score (nSPS) is 15.6. The monoisotopic (exact) mass is 279 g/mol. The molecule has 0 bridgehead atoms. The van der Waals surface area contributed by atoms with Gasteiger partial charge in [-0.05, 0) is 62.6 Å². The van der Waals surface area contributed by atoms with Crippen molar-refractivity contribution in [3.8, 4) is 0 Å². The Morgan fingerprint density at radius 1 is 0.714 bits per heavy atom. The molecule has 1 aliphatic heterocycles. The van der Waals surface area contributed by atoms with Crippen molar-refractivity contribution in [3.05, 3.63) is 54.1 Å². The van der Waals surface area contributed by atoms with Crippen molar-refractivity contribution >= 4 is 17.1 Å². The molecule has 0 N–H and O–H groups in total. The van der Waals surface area contributed by atoms with Gasteiger partial charge in [0.2, 0.25) is 0 Å². The van der Waals surface area contributed by atoms with Gasteiger partial charge in [-0.3, -0.25) is 0 Å². The molecule has 0 aliphatic carbocycles. The second kappa shape index (κ2) is 6.53. The fraction of sp³-hybridized carbons (Fsp3) is 0.333. The van der Waals surface area contributed by atoms with Crippen molar-refractivity contribution in [2.24, 2.45) is 10.2 Å². The van der Waals surface area contributed by atoms with E-state index in [1.807, 2.05) is 36.4 Å². The van der Waals surface area contributed by atoms with Crippen molar-refractivity contribution in [2.75, 3.05) is 18.0 Å².